The Morgan fingerprint density at radius 2 is 1.96 bits per heavy atom. The quantitative estimate of drug-likeness (QED) is 0.645. The molecule has 1 fully saturated rings. The number of nitrogens with one attached hydrogen (secondary N) is 1. The van der Waals surface area contributed by atoms with Gasteiger partial charge < -0.3 is 15.0 Å². The fourth-order valence-electron chi connectivity index (χ4n) is 3.02. The fraction of sp³-hybridized carbons (Fsp3) is 0.263. The molecule has 1 heterocycles. The number of hydrogen-bond acceptors (Lipinski definition) is 5. The van der Waals surface area contributed by atoms with Gasteiger partial charge in [0.2, 0.25) is 11.8 Å². The van der Waals surface area contributed by atoms with Crippen molar-refractivity contribution in [3.63, 3.8) is 0 Å². The Morgan fingerprint density at radius 3 is 2.59 bits per heavy atom. The van der Waals surface area contributed by atoms with Crippen LogP contribution in [0.2, 0.25) is 0 Å². The summed E-state index contributed by atoms with van der Waals surface area (Å²) >= 11 is 0. The summed E-state index contributed by atoms with van der Waals surface area (Å²) in [6.45, 7) is 1.89. The molecule has 1 aliphatic heterocycles. The monoisotopic (exact) mass is 369 g/mol. The summed E-state index contributed by atoms with van der Waals surface area (Å²) in [6, 6.07) is 11.5. The number of carbonyl (C=O) groups is 2. The van der Waals surface area contributed by atoms with Crippen molar-refractivity contribution in [3.8, 4) is 5.75 Å². The number of nitro groups is 1. The number of carbonyl (C=O) groups excluding carboxylic acids is 2. The van der Waals surface area contributed by atoms with Gasteiger partial charge in [0.15, 0.2) is 0 Å². The predicted molar refractivity (Wildman–Crippen MR) is 99.9 cm³/mol. The predicted octanol–water partition coefficient (Wildman–Crippen LogP) is 2.90. The van der Waals surface area contributed by atoms with Gasteiger partial charge in [0.05, 0.1) is 18.0 Å². The lowest BCUT2D eigenvalue weighted by Gasteiger charge is -2.17. The number of benzene rings is 2. The zero-order chi connectivity index (χ0) is 19.6. The molecule has 2 aromatic rings. The minimum Gasteiger partial charge on any atom is -0.497 e. The third-order valence-electron chi connectivity index (χ3n) is 4.55. The Labute approximate surface area is 155 Å². The summed E-state index contributed by atoms with van der Waals surface area (Å²) in [5.74, 6) is -0.326. The highest BCUT2D eigenvalue weighted by Gasteiger charge is 2.35. The molecular weight excluding hydrogens is 350 g/mol. The van der Waals surface area contributed by atoms with Crippen LogP contribution in [0.3, 0.4) is 0 Å². The minimum atomic E-state index is -0.528. The summed E-state index contributed by atoms with van der Waals surface area (Å²) in [7, 11) is 1.56. The molecule has 0 saturated carbocycles. The van der Waals surface area contributed by atoms with Crippen LogP contribution in [0.5, 0.6) is 5.75 Å². The van der Waals surface area contributed by atoms with Gasteiger partial charge in [0, 0.05) is 36.0 Å². The molecule has 2 aromatic carbocycles. The first-order valence-corrected chi connectivity index (χ1v) is 8.39. The normalized spacial score (nSPS) is 16.3. The van der Waals surface area contributed by atoms with E-state index < -0.39 is 10.8 Å². The van der Waals surface area contributed by atoms with Gasteiger partial charge in [-0.25, -0.2) is 0 Å². The second kappa shape index (κ2) is 7.45. The molecule has 0 unspecified atom stereocenters. The zero-order valence-electron chi connectivity index (χ0n) is 15.0. The number of nitrogens with zero attached hydrogens (tertiary/aromatic N) is 2. The zero-order valence-corrected chi connectivity index (χ0v) is 15.0. The lowest BCUT2D eigenvalue weighted by Crippen LogP contribution is -2.28. The Bertz CT molecular complexity index is 895. The van der Waals surface area contributed by atoms with Gasteiger partial charge in [-0.1, -0.05) is 6.07 Å². The maximum absolute atomic E-state index is 12.5. The van der Waals surface area contributed by atoms with E-state index in [2.05, 4.69) is 5.32 Å². The molecule has 0 bridgehead atoms. The molecule has 2 amide bonds. The van der Waals surface area contributed by atoms with E-state index in [1.807, 2.05) is 0 Å². The Balaban J connectivity index is 1.70. The first-order valence-electron chi connectivity index (χ1n) is 8.39. The second-order valence-electron chi connectivity index (χ2n) is 6.35. The number of hydrogen-bond donors (Lipinski definition) is 1. The minimum absolute atomic E-state index is 0.0600. The summed E-state index contributed by atoms with van der Waals surface area (Å²) in [6.07, 6.45) is 0.0891. The smallest absolute Gasteiger partial charge is 0.274 e. The van der Waals surface area contributed by atoms with Crippen molar-refractivity contribution in [2.75, 3.05) is 23.9 Å². The first kappa shape index (κ1) is 18.4. The van der Waals surface area contributed by atoms with E-state index in [-0.39, 0.29) is 30.5 Å². The average molecular weight is 369 g/mol. The maximum atomic E-state index is 12.5. The molecule has 0 aliphatic carbocycles. The largest absolute Gasteiger partial charge is 0.497 e. The molecule has 140 valence electrons. The Kier molecular flexibility index (Phi) is 5.07. The molecular formula is C19H19N3O5. The topological polar surface area (TPSA) is 102 Å². The summed E-state index contributed by atoms with van der Waals surface area (Å²) in [5.41, 5.74) is 1.49. The summed E-state index contributed by atoms with van der Waals surface area (Å²) in [4.78, 5) is 36.9. The van der Waals surface area contributed by atoms with Crippen molar-refractivity contribution in [2.24, 2.45) is 5.92 Å². The Hall–Kier alpha value is -3.42. The highest BCUT2D eigenvalue weighted by Crippen LogP contribution is 2.28. The molecule has 0 aromatic heterocycles. The van der Waals surface area contributed by atoms with Gasteiger partial charge in [-0.3, -0.25) is 19.7 Å². The van der Waals surface area contributed by atoms with Crippen LogP contribution in [0.1, 0.15) is 12.0 Å². The van der Waals surface area contributed by atoms with E-state index in [0.29, 0.717) is 22.7 Å². The highest BCUT2D eigenvalue weighted by molar-refractivity contribution is 6.03. The Morgan fingerprint density at radius 1 is 1.26 bits per heavy atom. The molecule has 1 N–H and O–H groups in total. The standard InChI is InChI=1S/C19H19N3O5/c1-12-3-4-14(10-17(12)22(25)26)20-19(24)13-9-18(23)21(11-13)15-5-7-16(27-2)8-6-15/h3-8,10,13H,9,11H2,1-2H3,(H,20,24)/t13-/m1/s1. The van der Waals surface area contributed by atoms with Gasteiger partial charge in [0.25, 0.3) is 5.69 Å². The molecule has 0 spiro atoms. The van der Waals surface area contributed by atoms with E-state index in [1.165, 1.54) is 6.07 Å². The van der Waals surface area contributed by atoms with Crippen LogP contribution in [0.15, 0.2) is 42.5 Å². The number of nitro benzene ring substituents is 1. The van der Waals surface area contributed by atoms with Crippen LogP contribution in [-0.4, -0.2) is 30.4 Å². The van der Waals surface area contributed by atoms with Crippen LogP contribution in [0.25, 0.3) is 0 Å². The van der Waals surface area contributed by atoms with Crippen molar-refractivity contribution >= 4 is 28.9 Å². The number of ether oxygens (including phenoxy) is 1. The molecule has 8 heteroatoms. The van der Waals surface area contributed by atoms with E-state index in [1.54, 1.807) is 55.3 Å². The van der Waals surface area contributed by atoms with Gasteiger partial charge >= 0.3 is 0 Å². The molecule has 0 radical (unpaired) electrons. The van der Waals surface area contributed by atoms with E-state index in [9.17, 15) is 19.7 Å². The highest BCUT2D eigenvalue weighted by atomic mass is 16.6. The maximum Gasteiger partial charge on any atom is 0.274 e. The summed E-state index contributed by atoms with van der Waals surface area (Å²) < 4.78 is 5.10. The molecule has 1 aliphatic rings. The molecule has 1 atom stereocenters. The number of anilines is 2. The molecule has 3 rings (SSSR count). The fourth-order valence-corrected chi connectivity index (χ4v) is 3.02. The lowest BCUT2D eigenvalue weighted by molar-refractivity contribution is -0.385. The van der Waals surface area contributed by atoms with Crippen molar-refractivity contribution in [2.45, 2.75) is 13.3 Å². The first-order chi connectivity index (χ1) is 12.9. The van der Waals surface area contributed by atoms with Crippen LogP contribution in [0.4, 0.5) is 17.1 Å². The van der Waals surface area contributed by atoms with Crippen molar-refractivity contribution in [1.82, 2.24) is 0 Å². The number of amides is 2. The lowest BCUT2D eigenvalue weighted by atomic mass is 10.1. The van der Waals surface area contributed by atoms with Gasteiger partial charge in [-0.15, -0.1) is 0 Å². The van der Waals surface area contributed by atoms with Gasteiger partial charge in [0.1, 0.15) is 5.75 Å². The molecule has 8 nitrogen and oxygen atoms in total. The van der Waals surface area contributed by atoms with E-state index in [0.717, 1.165) is 0 Å². The number of rotatable bonds is 5. The van der Waals surface area contributed by atoms with Crippen LogP contribution in [0, 0.1) is 23.0 Å². The number of methoxy groups -OCH3 is 1. The van der Waals surface area contributed by atoms with Crippen LogP contribution >= 0.6 is 0 Å². The molecule has 1 saturated heterocycles. The third kappa shape index (κ3) is 3.89. The number of aryl methyl sites for hydroxylation is 1. The van der Waals surface area contributed by atoms with E-state index in [4.69, 9.17) is 4.74 Å². The van der Waals surface area contributed by atoms with Crippen LogP contribution < -0.4 is 15.0 Å². The van der Waals surface area contributed by atoms with E-state index >= 15 is 0 Å². The SMILES string of the molecule is COc1ccc(N2C[C@H](C(=O)Nc3ccc(C)c([N+](=O)[O-])c3)CC2=O)cc1. The summed E-state index contributed by atoms with van der Waals surface area (Å²) in [5, 5.41) is 13.7. The third-order valence-corrected chi connectivity index (χ3v) is 4.55. The van der Waals surface area contributed by atoms with Crippen molar-refractivity contribution in [1.29, 1.82) is 0 Å². The second-order valence-corrected chi connectivity index (χ2v) is 6.35. The van der Waals surface area contributed by atoms with Crippen molar-refractivity contribution < 1.29 is 19.2 Å². The van der Waals surface area contributed by atoms with Crippen LogP contribution in [-0.2, 0) is 9.59 Å². The average Bonchev–Trinajstić information content (AvgIpc) is 3.05. The molecule has 27 heavy (non-hydrogen) atoms. The van der Waals surface area contributed by atoms with Gasteiger partial charge in [-0.2, -0.15) is 0 Å². The van der Waals surface area contributed by atoms with Gasteiger partial charge in [-0.05, 0) is 37.3 Å². The van der Waals surface area contributed by atoms with Crippen molar-refractivity contribution in [3.05, 3.63) is 58.1 Å².